The maximum absolute atomic E-state index is 5.88. The number of nitrogens with one attached hydrogen (secondary N) is 1. The van der Waals surface area contributed by atoms with Gasteiger partial charge < -0.3 is 48.1 Å². The van der Waals surface area contributed by atoms with Crippen LogP contribution in [0.15, 0.2) is 48.5 Å². The second kappa shape index (κ2) is 23.1. The van der Waals surface area contributed by atoms with Crippen LogP contribution in [0.4, 0.5) is 11.4 Å². The number of hydrogen-bond acceptors (Lipinski definition) is 10. The third kappa shape index (κ3) is 15.9. The van der Waals surface area contributed by atoms with Gasteiger partial charge in [-0.2, -0.15) is 0 Å². The first-order chi connectivity index (χ1) is 19.8. The van der Waals surface area contributed by atoms with Crippen LogP contribution in [0.1, 0.15) is 6.92 Å². The van der Waals surface area contributed by atoms with Crippen LogP contribution in [-0.4, -0.2) is 113 Å². The minimum Gasteiger partial charge on any atom is -0.497 e. The maximum atomic E-state index is 5.88. The minimum atomic E-state index is 0.477. The van der Waals surface area contributed by atoms with Crippen molar-refractivity contribution in [2.45, 2.75) is 6.92 Å². The van der Waals surface area contributed by atoms with Gasteiger partial charge in [0.05, 0.1) is 79.8 Å². The van der Waals surface area contributed by atoms with E-state index in [1.807, 2.05) is 42.5 Å². The smallest absolute Gasteiger partial charge is 0.121 e. The summed E-state index contributed by atoms with van der Waals surface area (Å²) >= 11 is 0. The zero-order chi connectivity index (χ0) is 28.5. The third-order valence-corrected chi connectivity index (χ3v) is 5.76. The van der Waals surface area contributed by atoms with Gasteiger partial charge in [0.15, 0.2) is 0 Å². The topological polar surface area (TPSA) is 89.1 Å². The Morgan fingerprint density at radius 1 is 0.625 bits per heavy atom. The lowest BCUT2D eigenvalue weighted by atomic mass is 10.2. The Bertz CT molecular complexity index is 873. The molecular weight excluding hydrogens is 516 g/mol. The van der Waals surface area contributed by atoms with Gasteiger partial charge in [-0.15, -0.1) is 0 Å². The third-order valence-electron chi connectivity index (χ3n) is 5.76. The highest BCUT2D eigenvalue weighted by Crippen LogP contribution is 2.21. The van der Waals surface area contributed by atoms with E-state index in [2.05, 4.69) is 23.2 Å². The lowest BCUT2D eigenvalue weighted by Crippen LogP contribution is -2.27. The number of ether oxygens (including phenoxy) is 8. The summed E-state index contributed by atoms with van der Waals surface area (Å²) in [5.74, 6) is 1.65. The number of methoxy groups -OCH3 is 2. The molecule has 0 bridgehead atoms. The summed E-state index contributed by atoms with van der Waals surface area (Å²) in [5.41, 5.74) is 2.11. The van der Waals surface area contributed by atoms with Gasteiger partial charge in [-0.05, 0) is 31.2 Å². The van der Waals surface area contributed by atoms with Gasteiger partial charge in [-0.1, -0.05) is 12.1 Å². The molecule has 0 atom stereocenters. The maximum Gasteiger partial charge on any atom is 0.121 e. The molecule has 10 heteroatoms. The quantitative estimate of drug-likeness (QED) is 0.171. The van der Waals surface area contributed by atoms with Gasteiger partial charge >= 0.3 is 0 Å². The summed E-state index contributed by atoms with van der Waals surface area (Å²) in [7, 11) is 3.32. The number of nitrogens with zero attached hydrogens (tertiary/aromatic N) is 1. The van der Waals surface area contributed by atoms with Crippen molar-refractivity contribution in [1.82, 2.24) is 0 Å². The number of likely N-dealkylation sites (N-methyl/N-ethyl adjacent to an activating group) is 1. The van der Waals surface area contributed by atoms with Crippen molar-refractivity contribution >= 4 is 11.4 Å². The second-order valence-electron chi connectivity index (χ2n) is 8.64. The van der Waals surface area contributed by atoms with E-state index in [-0.39, 0.29) is 0 Å². The highest BCUT2D eigenvalue weighted by molar-refractivity contribution is 5.50. The van der Waals surface area contributed by atoms with Gasteiger partial charge in [-0.3, -0.25) is 0 Å². The molecule has 226 valence electrons. The number of benzene rings is 2. The summed E-state index contributed by atoms with van der Waals surface area (Å²) < 4.78 is 43.9. The highest BCUT2D eigenvalue weighted by atomic mass is 16.6. The molecular formula is C30H48N2O8. The highest BCUT2D eigenvalue weighted by Gasteiger charge is 2.06. The molecule has 2 rings (SSSR count). The molecule has 0 heterocycles. The molecule has 0 unspecified atom stereocenters. The Kier molecular flexibility index (Phi) is 19.4. The fraction of sp³-hybridized carbons (Fsp3) is 0.600. The van der Waals surface area contributed by atoms with E-state index in [0.717, 1.165) is 42.5 Å². The number of anilines is 2. The molecule has 0 saturated carbocycles. The molecule has 0 amide bonds. The predicted octanol–water partition coefficient (Wildman–Crippen LogP) is 3.74. The summed E-state index contributed by atoms with van der Waals surface area (Å²) in [6, 6.07) is 15.9. The molecule has 0 aliphatic heterocycles. The van der Waals surface area contributed by atoms with Crippen LogP contribution in [-0.2, 0) is 28.4 Å². The van der Waals surface area contributed by atoms with Gasteiger partial charge in [0.25, 0.3) is 0 Å². The van der Waals surface area contributed by atoms with E-state index >= 15 is 0 Å². The Morgan fingerprint density at radius 2 is 1.23 bits per heavy atom. The van der Waals surface area contributed by atoms with Crippen LogP contribution in [0.25, 0.3) is 0 Å². The predicted molar refractivity (Wildman–Crippen MR) is 157 cm³/mol. The first-order valence-electron chi connectivity index (χ1n) is 14.0. The number of rotatable bonds is 26. The lowest BCUT2D eigenvalue weighted by Gasteiger charge is -2.23. The zero-order valence-electron chi connectivity index (χ0n) is 24.4. The minimum absolute atomic E-state index is 0.477. The Balaban J connectivity index is 1.44. The van der Waals surface area contributed by atoms with Crippen LogP contribution in [0.5, 0.6) is 11.5 Å². The van der Waals surface area contributed by atoms with E-state index < -0.39 is 0 Å². The zero-order valence-corrected chi connectivity index (χ0v) is 24.4. The van der Waals surface area contributed by atoms with Crippen molar-refractivity contribution in [3.8, 4) is 11.5 Å². The average Bonchev–Trinajstić information content (AvgIpc) is 2.99. The Morgan fingerprint density at radius 3 is 1.90 bits per heavy atom. The first-order valence-corrected chi connectivity index (χ1v) is 14.0. The molecule has 0 radical (unpaired) electrons. The van der Waals surface area contributed by atoms with E-state index in [0.29, 0.717) is 79.3 Å². The van der Waals surface area contributed by atoms with Gasteiger partial charge in [0, 0.05) is 50.3 Å². The molecule has 10 nitrogen and oxygen atoms in total. The summed E-state index contributed by atoms with van der Waals surface area (Å²) in [4.78, 5) is 2.26. The standard InChI is InChI=1S/C30H48N2O8/c1-4-32(12-14-36-18-20-37-16-15-33-2)28-8-6-10-30(26-28)40-24-23-39-22-21-38-19-17-35-13-11-31-27-7-5-9-29(25-27)34-3/h5-10,25-26,31H,4,11-24H2,1-3H3. The fourth-order valence-corrected chi connectivity index (χ4v) is 3.64. The largest absolute Gasteiger partial charge is 0.497 e. The molecule has 1 N–H and O–H groups in total. The molecule has 0 saturated heterocycles. The van der Waals surface area contributed by atoms with Crippen LogP contribution in [0.2, 0.25) is 0 Å². The Labute approximate surface area is 239 Å². The summed E-state index contributed by atoms with van der Waals surface area (Å²) in [5, 5.41) is 3.30. The average molecular weight is 565 g/mol. The molecule has 2 aromatic rings. The normalized spacial score (nSPS) is 11.0. The van der Waals surface area contributed by atoms with Crippen LogP contribution in [0, 0.1) is 0 Å². The monoisotopic (exact) mass is 564 g/mol. The molecule has 0 aliphatic carbocycles. The van der Waals surface area contributed by atoms with Crippen molar-refractivity contribution in [3.05, 3.63) is 48.5 Å². The van der Waals surface area contributed by atoms with E-state index in [1.54, 1.807) is 14.2 Å². The van der Waals surface area contributed by atoms with Crippen molar-refractivity contribution < 1.29 is 37.9 Å². The van der Waals surface area contributed by atoms with E-state index in [1.165, 1.54) is 0 Å². The van der Waals surface area contributed by atoms with Crippen molar-refractivity contribution in [3.63, 3.8) is 0 Å². The van der Waals surface area contributed by atoms with Gasteiger partial charge in [0.1, 0.15) is 18.1 Å². The SMILES string of the molecule is CCN(CCOCCOCCOC)c1cccc(OCCOCCOCCOCCNc2cccc(OC)c2)c1. The van der Waals surface area contributed by atoms with Gasteiger partial charge in [0.2, 0.25) is 0 Å². The van der Waals surface area contributed by atoms with Crippen LogP contribution < -0.4 is 19.7 Å². The van der Waals surface area contributed by atoms with Gasteiger partial charge in [-0.25, -0.2) is 0 Å². The van der Waals surface area contributed by atoms with Crippen molar-refractivity contribution in [2.75, 3.05) is 123 Å². The second-order valence-corrected chi connectivity index (χ2v) is 8.64. The van der Waals surface area contributed by atoms with Crippen molar-refractivity contribution in [1.29, 1.82) is 0 Å². The molecule has 0 fully saturated rings. The molecule has 2 aromatic carbocycles. The molecule has 0 aliphatic rings. The first kappa shape index (κ1) is 33.6. The summed E-state index contributed by atoms with van der Waals surface area (Å²) in [6.45, 7) is 11.2. The molecule has 0 aromatic heterocycles. The van der Waals surface area contributed by atoms with E-state index in [9.17, 15) is 0 Å². The molecule has 0 spiro atoms. The summed E-state index contributed by atoms with van der Waals surface area (Å²) in [6.07, 6.45) is 0. The van der Waals surface area contributed by atoms with Crippen LogP contribution >= 0.6 is 0 Å². The van der Waals surface area contributed by atoms with Crippen molar-refractivity contribution in [2.24, 2.45) is 0 Å². The Hall–Kier alpha value is -2.60. The lowest BCUT2D eigenvalue weighted by molar-refractivity contribution is 0.0109. The number of hydrogen-bond donors (Lipinski definition) is 1. The molecule has 40 heavy (non-hydrogen) atoms. The van der Waals surface area contributed by atoms with Crippen LogP contribution in [0.3, 0.4) is 0 Å². The van der Waals surface area contributed by atoms with E-state index in [4.69, 9.17) is 37.9 Å². The fourth-order valence-electron chi connectivity index (χ4n) is 3.64.